The quantitative estimate of drug-likeness (QED) is 0.496. The Labute approximate surface area is 197 Å². The fourth-order valence-electron chi connectivity index (χ4n) is 4.16. The second-order valence-electron chi connectivity index (χ2n) is 8.10. The molecule has 0 bridgehead atoms. The predicted molar refractivity (Wildman–Crippen MR) is 124 cm³/mol. The summed E-state index contributed by atoms with van der Waals surface area (Å²) in [7, 11) is 1.22. The lowest BCUT2D eigenvalue weighted by Gasteiger charge is -2.31. The van der Waals surface area contributed by atoms with E-state index in [1.807, 2.05) is 0 Å². The number of sulfone groups is 1. The highest BCUT2D eigenvalue weighted by Gasteiger charge is 2.33. The van der Waals surface area contributed by atoms with Crippen LogP contribution in [0.2, 0.25) is 0 Å². The van der Waals surface area contributed by atoms with E-state index in [4.69, 9.17) is 9.47 Å². The monoisotopic (exact) mass is 487 g/mol. The molecule has 2 aromatic carbocycles. The minimum absolute atomic E-state index is 0.0992. The summed E-state index contributed by atoms with van der Waals surface area (Å²) in [6.45, 7) is 0.597. The molecule has 1 aliphatic rings. The first kappa shape index (κ1) is 23.7. The second-order valence-corrected chi connectivity index (χ2v) is 10.3. The number of halogens is 1. The molecule has 0 aliphatic carbocycles. The Morgan fingerprint density at radius 3 is 2.32 bits per heavy atom. The molecule has 180 valence electrons. The van der Waals surface area contributed by atoms with Gasteiger partial charge in [-0.15, -0.1) is 0 Å². The van der Waals surface area contributed by atoms with Gasteiger partial charge in [0.05, 0.1) is 30.1 Å². The second kappa shape index (κ2) is 9.46. The molecule has 0 atom stereocenters. The van der Waals surface area contributed by atoms with Crippen molar-refractivity contribution in [2.75, 3.05) is 27.3 Å². The van der Waals surface area contributed by atoms with Crippen LogP contribution in [0.5, 0.6) is 11.5 Å². The molecule has 0 saturated carbocycles. The molecule has 0 unspecified atom stereocenters. The summed E-state index contributed by atoms with van der Waals surface area (Å²) < 4.78 is 51.2. The van der Waals surface area contributed by atoms with Crippen LogP contribution < -0.4 is 9.47 Å². The van der Waals surface area contributed by atoms with Crippen LogP contribution in [-0.4, -0.2) is 61.6 Å². The van der Waals surface area contributed by atoms with Crippen molar-refractivity contribution in [2.24, 2.45) is 7.05 Å². The number of likely N-dealkylation sites (tertiary alicyclic amines) is 1. The Morgan fingerprint density at radius 1 is 1.03 bits per heavy atom. The molecule has 3 aromatic rings. The average Bonchev–Trinajstić information content (AvgIpc) is 3.24. The standard InChI is InChI=1S/C24H26FN3O5S/c1-27-22(15-21(26-27)20-14-17(32-2)6-9-23(20)33-3)24(29)28-12-10-19(11-13-28)34(30,31)18-7-4-16(25)5-8-18/h4-9,14-15,19H,10-13H2,1-3H3. The maximum atomic E-state index is 13.2. The maximum absolute atomic E-state index is 13.2. The van der Waals surface area contributed by atoms with Gasteiger partial charge in [0.2, 0.25) is 0 Å². The van der Waals surface area contributed by atoms with E-state index in [0.29, 0.717) is 54.4 Å². The lowest BCUT2D eigenvalue weighted by Crippen LogP contribution is -2.43. The number of benzene rings is 2. The van der Waals surface area contributed by atoms with Crippen LogP contribution in [0, 0.1) is 5.82 Å². The predicted octanol–water partition coefficient (Wildman–Crippen LogP) is 3.32. The SMILES string of the molecule is COc1ccc(OC)c(-c2cc(C(=O)N3CCC(S(=O)(=O)c4ccc(F)cc4)CC3)n(C)n2)c1. The van der Waals surface area contributed by atoms with Gasteiger partial charge in [-0.1, -0.05) is 0 Å². The fraction of sp³-hybridized carbons (Fsp3) is 0.333. The molecule has 34 heavy (non-hydrogen) atoms. The van der Waals surface area contributed by atoms with E-state index in [9.17, 15) is 17.6 Å². The van der Waals surface area contributed by atoms with Crippen molar-refractivity contribution in [1.82, 2.24) is 14.7 Å². The molecule has 2 heterocycles. The number of aryl methyl sites for hydroxylation is 1. The summed E-state index contributed by atoms with van der Waals surface area (Å²) in [5, 5.41) is 3.87. The average molecular weight is 488 g/mol. The molecule has 10 heteroatoms. The topological polar surface area (TPSA) is 90.7 Å². The van der Waals surface area contributed by atoms with Crippen molar-refractivity contribution in [1.29, 1.82) is 0 Å². The zero-order valence-corrected chi connectivity index (χ0v) is 20.0. The van der Waals surface area contributed by atoms with Crippen molar-refractivity contribution in [3.8, 4) is 22.8 Å². The van der Waals surface area contributed by atoms with E-state index in [1.54, 1.807) is 50.4 Å². The van der Waals surface area contributed by atoms with Crippen molar-refractivity contribution >= 4 is 15.7 Å². The molecule has 1 saturated heterocycles. The van der Waals surface area contributed by atoms with E-state index >= 15 is 0 Å². The third kappa shape index (κ3) is 4.50. The third-order valence-corrected chi connectivity index (χ3v) is 8.37. The number of methoxy groups -OCH3 is 2. The number of hydrogen-bond acceptors (Lipinski definition) is 6. The van der Waals surface area contributed by atoms with Crippen molar-refractivity contribution in [3.63, 3.8) is 0 Å². The highest BCUT2D eigenvalue weighted by Crippen LogP contribution is 2.33. The van der Waals surface area contributed by atoms with Gasteiger partial charge in [0.15, 0.2) is 9.84 Å². The number of nitrogens with zero attached hydrogens (tertiary/aromatic N) is 3. The van der Waals surface area contributed by atoms with Crippen LogP contribution in [0.25, 0.3) is 11.3 Å². The molecule has 0 radical (unpaired) electrons. The summed E-state index contributed by atoms with van der Waals surface area (Å²) in [5.41, 5.74) is 1.65. The Morgan fingerprint density at radius 2 is 1.71 bits per heavy atom. The van der Waals surface area contributed by atoms with Crippen LogP contribution in [0.1, 0.15) is 23.3 Å². The number of piperidine rings is 1. The van der Waals surface area contributed by atoms with Gasteiger partial charge < -0.3 is 14.4 Å². The molecule has 1 fully saturated rings. The van der Waals surface area contributed by atoms with Crippen molar-refractivity contribution in [2.45, 2.75) is 23.0 Å². The zero-order chi connectivity index (χ0) is 24.5. The van der Waals surface area contributed by atoms with Gasteiger partial charge in [-0.25, -0.2) is 12.8 Å². The van der Waals surface area contributed by atoms with Gasteiger partial charge in [0.25, 0.3) is 5.91 Å². The normalized spacial score (nSPS) is 14.8. The lowest BCUT2D eigenvalue weighted by atomic mass is 10.1. The minimum Gasteiger partial charge on any atom is -0.497 e. The minimum atomic E-state index is -3.59. The number of hydrogen-bond donors (Lipinski definition) is 0. The van der Waals surface area contributed by atoms with Gasteiger partial charge in [0.1, 0.15) is 23.0 Å². The number of carbonyl (C=O) groups is 1. The van der Waals surface area contributed by atoms with Crippen LogP contribution in [0.3, 0.4) is 0 Å². The molecule has 0 N–H and O–H groups in total. The van der Waals surface area contributed by atoms with Gasteiger partial charge in [0, 0.05) is 25.7 Å². The Kier molecular flexibility index (Phi) is 6.60. The number of aromatic nitrogens is 2. The highest BCUT2D eigenvalue weighted by molar-refractivity contribution is 7.92. The van der Waals surface area contributed by atoms with Gasteiger partial charge in [-0.2, -0.15) is 5.10 Å². The summed E-state index contributed by atoms with van der Waals surface area (Å²) in [5.74, 6) is 0.533. The van der Waals surface area contributed by atoms with E-state index in [1.165, 1.54) is 16.8 Å². The van der Waals surface area contributed by atoms with Crippen LogP contribution in [0.15, 0.2) is 53.4 Å². The summed E-state index contributed by atoms with van der Waals surface area (Å²) >= 11 is 0. The van der Waals surface area contributed by atoms with E-state index < -0.39 is 20.9 Å². The molecule has 4 rings (SSSR count). The molecular formula is C24H26FN3O5S. The maximum Gasteiger partial charge on any atom is 0.272 e. The summed E-state index contributed by atoms with van der Waals surface area (Å²) in [6, 6.07) is 11.9. The molecule has 1 amide bonds. The van der Waals surface area contributed by atoms with E-state index in [2.05, 4.69) is 5.10 Å². The number of amides is 1. The number of rotatable bonds is 6. The van der Waals surface area contributed by atoms with Crippen molar-refractivity contribution in [3.05, 3.63) is 60.0 Å². The van der Waals surface area contributed by atoms with Crippen LogP contribution in [-0.2, 0) is 16.9 Å². The summed E-state index contributed by atoms with van der Waals surface area (Å²) in [4.78, 5) is 15.0. The first-order valence-electron chi connectivity index (χ1n) is 10.8. The first-order chi connectivity index (χ1) is 16.2. The van der Waals surface area contributed by atoms with Gasteiger partial charge in [-0.3, -0.25) is 9.48 Å². The smallest absolute Gasteiger partial charge is 0.272 e. The summed E-state index contributed by atoms with van der Waals surface area (Å²) in [6.07, 6.45) is 0.611. The lowest BCUT2D eigenvalue weighted by molar-refractivity contribution is 0.0714. The first-order valence-corrected chi connectivity index (χ1v) is 12.3. The third-order valence-electron chi connectivity index (χ3n) is 6.09. The molecule has 1 aliphatic heterocycles. The van der Waals surface area contributed by atoms with Crippen LogP contribution in [0.4, 0.5) is 4.39 Å². The fourth-order valence-corrected chi connectivity index (χ4v) is 5.89. The molecular weight excluding hydrogens is 461 g/mol. The Balaban J connectivity index is 1.50. The molecule has 8 nitrogen and oxygen atoms in total. The number of ether oxygens (including phenoxy) is 2. The van der Waals surface area contributed by atoms with E-state index in [0.717, 1.165) is 12.1 Å². The highest BCUT2D eigenvalue weighted by atomic mass is 32.2. The van der Waals surface area contributed by atoms with E-state index in [-0.39, 0.29) is 10.8 Å². The molecule has 1 aromatic heterocycles. The van der Waals surface area contributed by atoms with Gasteiger partial charge in [-0.05, 0) is 61.4 Å². The molecule has 0 spiro atoms. The van der Waals surface area contributed by atoms with Crippen LogP contribution >= 0.6 is 0 Å². The van der Waals surface area contributed by atoms with Crippen molar-refractivity contribution < 1.29 is 27.1 Å². The largest absolute Gasteiger partial charge is 0.497 e. The zero-order valence-electron chi connectivity index (χ0n) is 19.2. The van der Waals surface area contributed by atoms with Gasteiger partial charge >= 0.3 is 0 Å². The number of carbonyl (C=O) groups excluding carboxylic acids is 1. The Bertz CT molecular complexity index is 1300. The Hall–Kier alpha value is -3.40.